The Labute approximate surface area is 94.0 Å². The molecule has 0 aliphatic rings. The van der Waals surface area contributed by atoms with Gasteiger partial charge in [-0.1, -0.05) is 33.6 Å². The van der Waals surface area contributed by atoms with Crippen molar-refractivity contribution in [3.8, 4) is 0 Å². The number of hydrogen-bond acceptors (Lipinski definition) is 2. The summed E-state index contributed by atoms with van der Waals surface area (Å²) in [7, 11) is 1.89. The van der Waals surface area contributed by atoms with Gasteiger partial charge in [-0.15, -0.1) is 0 Å². The summed E-state index contributed by atoms with van der Waals surface area (Å²) in [6, 6.07) is 0. The first-order valence-corrected chi connectivity index (χ1v) is 5.99. The van der Waals surface area contributed by atoms with E-state index in [0.717, 1.165) is 19.4 Å². The van der Waals surface area contributed by atoms with Gasteiger partial charge in [-0.05, 0) is 18.4 Å². The first kappa shape index (κ1) is 14.4. The summed E-state index contributed by atoms with van der Waals surface area (Å²) in [6.45, 7) is 7.87. The largest absolute Gasteiger partial charge is 0.345 e. The fourth-order valence-electron chi connectivity index (χ4n) is 1.50. The maximum absolute atomic E-state index is 11.8. The zero-order chi connectivity index (χ0) is 11.8. The Hall–Kier alpha value is -0.570. The summed E-state index contributed by atoms with van der Waals surface area (Å²) >= 11 is 0. The number of nitrogens with zero attached hydrogens (tertiary/aromatic N) is 1. The summed E-state index contributed by atoms with van der Waals surface area (Å²) in [5, 5.41) is 0. The van der Waals surface area contributed by atoms with Gasteiger partial charge in [0.25, 0.3) is 0 Å². The van der Waals surface area contributed by atoms with Gasteiger partial charge >= 0.3 is 0 Å². The second-order valence-corrected chi connectivity index (χ2v) is 4.50. The van der Waals surface area contributed by atoms with Crippen LogP contribution in [0.15, 0.2) is 0 Å². The maximum Gasteiger partial charge on any atom is 0.222 e. The zero-order valence-electron chi connectivity index (χ0n) is 10.6. The van der Waals surface area contributed by atoms with E-state index in [1.165, 1.54) is 0 Å². The van der Waals surface area contributed by atoms with Crippen LogP contribution in [0.4, 0.5) is 0 Å². The highest BCUT2D eigenvalue weighted by atomic mass is 16.2. The lowest BCUT2D eigenvalue weighted by atomic mass is 10.0. The molecule has 0 aromatic carbocycles. The lowest BCUT2D eigenvalue weighted by Crippen LogP contribution is -2.33. The third-order valence-electron chi connectivity index (χ3n) is 3.08. The molecule has 1 amide bonds. The van der Waals surface area contributed by atoms with Gasteiger partial charge in [0.2, 0.25) is 5.91 Å². The second kappa shape index (κ2) is 7.69. The molecule has 15 heavy (non-hydrogen) atoms. The molecule has 2 N–H and O–H groups in total. The molecule has 0 aromatic heterocycles. The van der Waals surface area contributed by atoms with Crippen LogP contribution in [-0.2, 0) is 4.79 Å². The molecule has 2 unspecified atom stereocenters. The van der Waals surface area contributed by atoms with Crippen molar-refractivity contribution >= 4 is 5.91 Å². The molecule has 0 spiro atoms. The Balaban J connectivity index is 3.97. The average Bonchev–Trinajstić information content (AvgIpc) is 2.24. The lowest BCUT2D eigenvalue weighted by molar-refractivity contribution is -0.131. The fraction of sp³-hybridized carbons (Fsp3) is 0.917. The van der Waals surface area contributed by atoms with E-state index in [-0.39, 0.29) is 5.91 Å². The summed E-state index contributed by atoms with van der Waals surface area (Å²) in [4.78, 5) is 13.6. The normalized spacial score (nSPS) is 14.7. The lowest BCUT2D eigenvalue weighted by Gasteiger charge is -2.22. The molecular formula is C12H26N2O. The summed E-state index contributed by atoms with van der Waals surface area (Å²) in [6.07, 6.45) is 2.70. The van der Waals surface area contributed by atoms with Crippen LogP contribution < -0.4 is 5.73 Å². The van der Waals surface area contributed by atoms with E-state index in [9.17, 15) is 4.79 Å². The van der Waals surface area contributed by atoms with Gasteiger partial charge in [0, 0.05) is 20.0 Å². The quantitative estimate of drug-likeness (QED) is 0.703. The van der Waals surface area contributed by atoms with Crippen LogP contribution in [0.5, 0.6) is 0 Å². The number of carbonyl (C=O) groups excluding carboxylic acids is 1. The summed E-state index contributed by atoms with van der Waals surface area (Å²) in [5.74, 6) is 1.15. The van der Waals surface area contributed by atoms with Crippen LogP contribution in [-0.4, -0.2) is 30.9 Å². The van der Waals surface area contributed by atoms with Crippen LogP contribution in [0.3, 0.4) is 0 Å². The van der Waals surface area contributed by atoms with Crippen molar-refractivity contribution in [1.82, 2.24) is 4.90 Å². The molecule has 0 saturated heterocycles. The van der Waals surface area contributed by atoms with Gasteiger partial charge in [-0.2, -0.15) is 0 Å². The molecule has 0 radical (unpaired) electrons. The standard InChI is InChI=1S/C12H26N2O/c1-5-10(3)9-14(4)12(15)7-11(6-2)8-13/h10-11H,5-9,13H2,1-4H3. The molecule has 0 fully saturated rings. The van der Waals surface area contributed by atoms with Crippen LogP contribution in [0.25, 0.3) is 0 Å². The van der Waals surface area contributed by atoms with Gasteiger partial charge < -0.3 is 10.6 Å². The van der Waals surface area contributed by atoms with E-state index in [4.69, 9.17) is 5.73 Å². The molecular weight excluding hydrogens is 188 g/mol. The molecule has 0 heterocycles. The van der Waals surface area contributed by atoms with Crippen LogP contribution >= 0.6 is 0 Å². The highest BCUT2D eigenvalue weighted by molar-refractivity contribution is 5.76. The molecule has 0 aliphatic heterocycles. The first-order chi connectivity index (χ1) is 7.04. The number of nitrogens with two attached hydrogens (primary N) is 1. The van der Waals surface area contributed by atoms with E-state index < -0.39 is 0 Å². The van der Waals surface area contributed by atoms with Crippen LogP contribution in [0.2, 0.25) is 0 Å². The van der Waals surface area contributed by atoms with Crippen LogP contribution in [0.1, 0.15) is 40.0 Å². The van der Waals surface area contributed by atoms with Crippen molar-refractivity contribution in [3.05, 3.63) is 0 Å². The second-order valence-electron chi connectivity index (χ2n) is 4.50. The van der Waals surface area contributed by atoms with Crippen molar-refractivity contribution < 1.29 is 4.79 Å². The number of hydrogen-bond donors (Lipinski definition) is 1. The summed E-state index contributed by atoms with van der Waals surface area (Å²) in [5.41, 5.74) is 5.59. The Morgan fingerprint density at radius 2 is 1.93 bits per heavy atom. The first-order valence-electron chi connectivity index (χ1n) is 5.99. The predicted octanol–water partition coefficient (Wildman–Crippen LogP) is 1.87. The molecule has 0 rings (SSSR count). The molecule has 2 atom stereocenters. The Morgan fingerprint density at radius 1 is 1.33 bits per heavy atom. The molecule has 0 aromatic rings. The topological polar surface area (TPSA) is 46.3 Å². The molecule has 0 bridgehead atoms. The minimum absolute atomic E-state index is 0.229. The highest BCUT2D eigenvalue weighted by Gasteiger charge is 2.15. The van der Waals surface area contributed by atoms with Crippen LogP contribution in [0, 0.1) is 11.8 Å². The average molecular weight is 214 g/mol. The highest BCUT2D eigenvalue weighted by Crippen LogP contribution is 2.10. The predicted molar refractivity (Wildman–Crippen MR) is 64.5 cm³/mol. The fourth-order valence-corrected chi connectivity index (χ4v) is 1.50. The van der Waals surface area contributed by atoms with E-state index in [1.54, 1.807) is 0 Å². The van der Waals surface area contributed by atoms with Crippen molar-refractivity contribution in [2.45, 2.75) is 40.0 Å². The molecule has 0 saturated carbocycles. The third-order valence-corrected chi connectivity index (χ3v) is 3.08. The van der Waals surface area contributed by atoms with Crippen molar-refractivity contribution in [3.63, 3.8) is 0 Å². The Kier molecular flexibility index (Phi) is 7.39. The smallest absolute Gasteiger partial charge is 0.222 e. The van der Waals surface area contributed by atoms with Gasteiger partial charge in [0.05, 0.1) is 0 Å². The molecule has 3 heteroatoms. The minimum atomic E-state index is 0.229. The molecule has 3 nitrogen and oxygen atoms in total. The SMILES string of the molecule is CCC(C)CN(C)C(=O)CC(CC)CN. The molecule has 0 aliphatic carbocycles. The monoisotopic (exact) mass is 214 g/mol. The minimum Gasteiger partial charge on any atom is -0.345 e. The zero-order valence-corrected chi connectivity index (χ0v) is 10.6. The number of carbonyl (C=O) groups is 1. The number of rotatable bonds is 7. The Morgan fingerprint density at radius 3 is 2.33 bits per heavy atom. The van der Waals surface area contributed by atoms with Crippen molar-refractivity contribution in [2.24, 2.45) is 17.6 Å². The van der Waals surface area contributed by atoms with E-state index in [2.05, 4.69) is 20.8 Å². The maximum atomic E-state index is 11.8. The van der Waals surface area contributed by atoms with Crippen molar-refractivity contribution in [1.29, 1.82) is 0 Å². The molecule has 90 valence electrons. The van der Waals surface area contributed by atoms with Gasteiger partial charge in [0.1, 0.15) is 0 Å². The van der Waals surface area contributed by atoms with E-state index >= 15 is 0 Å². The summed E-state index contributed by atoms with van der Waals surface area (Å²) < 4.78 is 0. The van der Waals surface area contributed by atoms with Gasteiger partial charge in [-0.25, -0.2) is 0 Å². The van der Waals surface area contributed by atoms with Gasteiger partial charge in [0.15, 0.2) is 0 Å². The Bertz CT molecular complexity index is 178. The number of amides is 1. The van der Waals surface area contributed by atoms with Gasteiger partial charge in [-0.3, -0.25) is 4.79 Å². The van der Waals surface area contributed by atoms with E-state index in [1.807, 2.05) is 11.9 Å². The third kappa shape index (κ3) is 5.78. The van der Waals surface area contributed by atoms with E-state index in [0.29, 0.717) is 24.8 Å². The van der Waals surface area contributed by atoms with Crippen molar-refractivity contribution in [2.75, 3.05) is 20.1 Å².